The molecule has 2 atom stereocenters. The van der Waals surface area contributed by atoms with Crippen LogP contribution in [-0.4, -0.2) is 11.2 Å². The van der Waals surface area contributed by atoms with Crippen molar-refractivity contribution in [3.8, 4) is 0 Å². The minimum absolute atomic E-state index is 0.238. The van der Waals surface area contributed by atoms with E-state index in [4.69, 9.17) is 5.73 Å². The monoisotopic (exact) mass is 233 g/mol. The van der Waals surface area contributed by atoms with E-state index < -0.39 is 6.10 Å². The molecule has 17 heavy (non-hydrogen) atoms. The van der Waals surface area contributed by atoms with Gasteiger partial charge in [0.2, 0.25) is 0 Å². The van der Waals surface area contributed by atoms with Crippen molar-refractivity contribution in [2.45, 2.75) is 51.7 Å². The summed E-state index contributed by atoms with van der Waals surface area (Å²) in [5.74, 6) is 0.393. The predicted molar refractivity (Wildman–Crippen MR) is 70.8 cm³/mol. The average molecular weight is 233 g/mol. The molecule has 94 valence electrons. The van der Waals surface area contributed by atoms with E-state index in [2.05, 4.69) is 19.9 Å². The van der Waals surface area contributed by atoms with Gasteiger partial charge in [-0.3, -0.25) is 0 Å². The van der Waals surface area contributed by atoms with Gasteiger partial charge in [-0.2, -0.15) is 0 Å². The molecule has 0 unspecified atom stereocenters. The van der Waals surface area contributed by atoms with Gasteiger partial charge < -0.3 is 10.8 Å². The first-order valence-corrected chi connectivity index (χ1v) is 6.61. The van der Waals surface area contributed by atoms with Crippen molar-refractivity contribution in [1.29, 1.82) is 0 Å². The molecule has 1 fully saturated rings. The van der Waals surface area contributed by atoms with Crippen molar-refractivity contribution in [2.75, 3.05) is 0 Å². The average Bonchev–Trinajstić information content (AvgIpc) is 2.84. The van der Waals surface area contributed by atoms with Crippen molar-refractivity contribution < 1.29 is 5.11 Å². The highest BCUT2D eigenvalue weighted by Crippen LogP contribution is 2.33. The van der Waals surface area contributed by atoms with Crippen molar-refractivity contribution in [3.63, 3.8) is 0 Å². The van der Waals surface area contributed by atoms with Gasteiger partial charge in [-0.15, -0.1) is 0 Å². The Labute approximate surface area is 104 Å². The van der Waals surface area contributed by atoms with Gasteiger partial charge in [0.05, 0.1) is 12.1 Å². The molecule has 0 aliphatic heterocycles. The topological polar surface area (TPSA) is 46.2 Å². The molecule has 1 aromatic carbocycles. The Kier molecular flexibility index (Phi) is 3.85. The van der Waals surface area contributed by atoms with Gasteiger partial charge in [-0.1, -0.05) is 31.0 Å². The van der Waals surface area contributed by atoms with E-state index in [1.807, 2.05) is 12.1 Å². The maximum absolute atomic E-state index is 10.4. The van der Waals surface area contributed by atoms with Crippen molar-refractivity contribution >= 4 is 0 Å². The zero-order valence-electron chi connectivity index (χ0n) is 10.8. The van der Waals surface area contributed by atoms with Gasteiger partial charge in [0.25, 0.3) is 0 Å². The van der Waals surface area contributed by atoms with Crippen LogP contribution in [0.5, 0.6) is 0 Å². The Morgan fingerprint density at radius 3 is 2.53 bits per heavy atom. The van der Waals surface area contributed by atoms with Crippen LogP contribution in [0, 0.1) is 19.8 Å². The molecule has 2 heteroatoms. The summed E-state index contributed by atoms with van der Waals surface area (Å²) in [6.07, 6.45) is 4.33. The Hall–Kier alpha value is -0.860. The molecule has 1 aliphatic carbocycles. The molecule has 1 aromatic rings. The fourth-order valence-corrected chi connectivity index (χ4v) is 2.91. The van der Waals surface area contributed by atoms with Crippen LogP contribution >= 0.6 is 0 Å². The molecule has 1 saturated carbocycles. The van der Waals surface area contributed by atoms with Gasteiger partial charge in [0.15, 0.2) is 0 Å². The van der Waals surface area contributed by atoms with Gasteiger partial charge in [0, 0.05) is 0 Å². The maximum atomic E-state index is 10.4. The Balaban J connectivity index is 2.18. The largest absolute Gasteiger partial charge is 0.391 e. The summed E-state index contributed by atoms with van der Waals surface area (Å²) in [5, 5.41) is 10.4. The third-order valence-electron chi connectivity index (χ3n) is 4.26. The number of nitrogens with two attached hydrogens (primary N) is 1. The smallest absolute Gasteiger partial charge is 0.0760 e. The SMILES string of the molecule is Cc1cccc([C@@H](N)[C@@H](O)C2CCCC2)c1C. The predicted octanol–water partition coefficient (Wildman–Crippen LogP) is 2.85. The molecule has 0 saturated heterocycles. The zero-order chi connectivity index (χ0) is 12.4. The summed E-state index contributed by atoms with van der Waals surface area (Å²) >= 11 is 0. The highest BCUT2D eigenvalue weighted by Gasteiger charge is 2.29. The highest BCUT2D eigenvalue weighted by atomic mass is 16.3. The summed E-state index contributed by atoms with van der Waals surface area (Å²) in [5.41, 5.74) is 9.81. The molecule has 0 aromatic heterocycles. The summed E-state index contributed by atoms with van der Waals surface area (Å²) < 4.78 is 0. The van der Waals surface area contributed by atoms with E-state index >= 15 is 0 Å². The van der Waals surface area contributed by atoms with Crippen LogP contribution in [0.25, 0.3) is 0 Å². The Bertz CT molecular complexity index is 383. The molecule has 3 N–H and O–H groups in total. The molecule has 0 amide bonds. The fraction of sp³-hybridized carbons (Fsp3) is 0.600. The molecular formula is C15H23NO. The first kappa shape index (κ1) is 12.6. The van der Waals surface area contributed by atoms with E-state index in [9.17, 15) is 5.11 Å². The van der Waals surface area contributed by atoms with Gasteiger partial charge in [-0.25, -0.2) is 0 Å². The minimum Gasteiger partial charge on any atom is -0.391 e. The van der Waals surface area contributed by atoms with Gasteiger partial charge in [0.1, 0.15) is 0 Å². The lowest BCUT2D eigenvalue weighted by molar-refractivity contribution is 0.0843. The van der Waals surface area contributed by atoms with E-state index in [-0.39, 0.29) is 6.04 Å². The molecule has 0 heterocycles. The number of rotatable bonds is 3. The van der Waals surface area contributed by atoms with Gasteiger partial charge >= 0.3 is 0 Å². The van der Waals surface area contributed by atoms with Crippen molar-refractivity contribution in [1.82, 2.24) is 0 Å². The highest BCUT2D eigenvalue weighted by molar-refractivity contribution is 5.35. The third kappa shape index (κ3) is 2.53. The minimum atomic E-state index is -0.391. The number of hydrogen-bond donors (Lipinski definition) is 2. The van der Waals surface area contributed by atoms with E-state index in [0.717, 1.165) is 18.4 Å². The van der Waals surface area contributed by atoms with Crippen LogP contribution in [0.1, 0.15) is 48.4 Å². The number of aliphatic hydroxyl groups excluding tert-OH is 1. The van der Waals surface area contributed by atoms with Crippen LogP contribution in [0.2, 0.25) is 0 Å². The molecule has 2 nitrogen and oxygen atoms in total. The van der Waals surface area contributed by atoms with Crippen LogP contribution in [0.4, 0.5) is 0 Å². The number of aryl methyl sites for hydroxylation is 1. The molecule has 0 spiro atoms. The quantitative estimate of drug-likeness (QED) is 0.843. The number of hydrogen-bond acceptors (Lipinski definition) is 2. The first-order valence-electron chi connectivity index (χ1n) is 6.61. The van der Waals surface area contributed by atoms with Crippen molar-refractivity contribution in [3.05, 3.63) is 34.9 Å². The van der Waals surface area contributed by atoms with Crippen molar-refractivity contribution in [2.24, 2.45) is 11.7 Å². The lowest BCUT2D eigenvalue weighted by Gasteiger charge is -2.26. The second kappa shape index (κ2) is 5.19. The number of benzene rings is 1. The third-order valence-corrected chi connectivity index (χ3v) is 4.26. The van der Waals surface area contributed by atoms with Crippen LogP contribution in [-0.2, 0) is 0 Å². The lowest BCUT2D eigenvalue weighted by atomic mass is 9.88. The summed E-state index contributed by atoms with van der Waals surface area (Å²) in [4.78, 5) is 0. The Morgan fingerprint density at radius 1 is 1.24 bits per heavy atom. The lowest BCUT2D eigenvalue weighted by Crippen LogP contribution is -2.32. The molecule has 0 radical (unpaired) electrons. The van der Waals surface area contributed by atoms with E-state index in [0.29, 0.717) is 5.92 Å². The summed E-state index contributed by atoms with van der Waals surface area (Å²) in [6.45, 7) is 4.18. The van der Waals surface area contributed by atoms with Crippen LogP contribution in [0.15, 0.2) is 18.2 Å². The molecule has 0 bridgehead atoms. The molecule has 1 aliphatic rings. The molecular weight excluding hydrogens is 210 g/mol. The second-order valence-corrected chi connectivity index (χ2v) is 5.35. The first-order chi connectivity index (χ1) is 8.11. The summed E-state index contributed by atoms with van der Waals surface area (Å²) in [6, 6.07) is 5.93. The number of aliphatic hydroxyl groups is 1. The second-order valence-electron chi connectivity index (χ2n) is 5.35. The fourth-order valence-electron chi connectivity index (χ4n) is 2.91. The zero-order valence-corrected chi connectivity index (χ0v) is 10.8. The van der Waals surface area contributed by atoms with E-state index in [1.165, 1.54) is 24.0 Å². The Morgan fingerprint density at radius 2 is 1.88 bits per heavy atom. The maximum Gasteiger partial charge on any atom is 0.0760 e. The van der Waals surface area contributed by atoms with Crippen LogP contribution < -0.4 is 5.73 Å². The normalized spacial score (nSPS) is 20.5. The van der Waals surface area contributed by atoms with E-state index in [1.54, 1.807) is 0 Å². The van der Waals surface area contributed by atoms with Gasteiger partial charge in [-0.05, 0) is 49.3 Å². The summed E-state index contributed by atoms with van der Waals surface area (Å²) in [7, 11) is 0. The molecule has 2 rings (SSSR count). The standard InChI is InChI=1S/C15H23NO/c1-10-6-5-9-13(11(10)2)14(16)15(17)12-7-3-4-8-12/h5-6,9,12,14-15,17H,3-4,7-8,16H2,1-2H3/t14-,15+/m1/s1. The van der Waals surface area contributed by atoms with Crippen LogP contribution in [0.3, 0.4) is 0 Å².